The molecule has 0 spiro atoms. The van der Waals surface area contributed by atoms with Crippen LogP contribution in [0.2, 0.25) is 0 Å². The molecule has 7 heteroatoms. The van der Waals surface area contributed by atoms with Crippen molar-refractivity contribution in [2.75, 3.05) is 31.2 Å². The van der Waals surface area contributed by atoms with Gasteiger partial charge in [0.1, 0.15) is 0 Å². The molecule has 1 aliphatic carbocycles. The second-order valence-corrected chi connectivity index (χ2v) is 8.02. The van der Waals surface area contributed by atoms with Crippen molar-refractivity contribution in [3.63, 3.8) is 0 Å². The third-order valence-electron chi connectivity index (χ3n) is 5.78. The summed E-state index contributed by atoms with van der Waals surface area (Å²) in [7, 11) is 0. The number of nitrogens with one attached hydrogen (secondary N) is 1. The van der Waals surface area contributed by atoms with Crippen molar-refractivity contribution in [1.82, 2.24) is 15.5 Å². The van der Waals surface area contributed by atoms with Crippen molar-refractivity contribution in [1.29, 1.82) is 0 Å². The highest BCUT2D eigenvalue weighted by Gasteiger charge is 2.39. The molecule has 1 saturated carbocycles. The molecule has 2 saturated heterocycles. The maximum absolute atomic E-state index is 12.6. The molecule has 3 fully saturated rings. The van der Waals surface area contributed by atoms with E-state index >= 15 is 0 Å². The summed E-state index contributed by atoms with van der Waals surface area (Å²) >= 11 is 0. The maximum atomic E-state index is 12.6. The molecule has 3 heterocycles. The lowest BCUT2D eigenvalue weighted by atomic mass is 9.90. The van der Waals surface area contributed by atoms with Gasteiger partial charge in [-0.3, -0.25) is 4.79 Å². The number of carbonyl (C=O) groups is 1. The third kappa shape index (κ3) is 3.66. The van der Waals surface area contributed by atoms with Gasteiger partial charge in [-0.15, -0.1) is 0 Å². The predicted molar refractivity (Wildman–Crippen MR) is 92.3 cm³/mol. The van der Waals surface area contributed by atoms with Crippen molar-refractivity contribution in [2.24, 2.45) is 17.8 Å². The molecule has 0 bridgehead atoms. The molecule has 4 rings (SSSR count). The van der Waals surface area contributed by atoms with E-state index in [-0.39, 0.29) is 17.9 Å². The van der Waals surface area contributed by atoms with E-state index in [0.717, 1.165) is 44.7 Å². The zero-order chi connectivity index (χ0) is 17.4. The fourth-order valence-electron chi connectivity index (χ4n) is 3.93. The van der Waals surface area contributed by atoms with Gasteiger partial charge >= 0.3 is 0 Å². The molecule has 1 N–H and O–H groups in total. The smallest absolute Gasteiger partial charge is 0.266 e. The summed E-state index contributed by atoms with van der Waals surface area (Å²) in [5.41, 5.74) is 0. The summed E-state index contributed by atoms with van der Waals surface area (Å²) in [5.74, 6) is 3.05. The number of ether oxygens (including phenoxy) is 1. The van der Waals surface area contributed by atoms with E-state index in [1.807, 2.05) is 0 Å². The lowest BCUT2D eigenvalue weighted by molar-refractivity contribution is -0.128. The zero-order valence-electron chi connectivity index (χ0n) is 15.1. The largest absolute Gasteiger partial charge is 0.381 e. The Morgan fingerprint density at radius 1 is 1.20 bits per heavy atom. The summed E-state index contributed by atoms with van der Waals surface area (Å²) in [6.07, 6.45) is 3.95. The fraction of sp³-hybridized carbons (Fsp3) is 0.833. The highest BCUT2D eigenvalue weighted by atomic mass is 16.5. The van der Waals surface area contributed by atoms with Crippen LogP contribution in [0.25, 0.3) is 0 Å². The molecule has 1 amide bonds. The van der Waals surface area contributed by atoms with Crippen LogP contribution in [0.15, 0.2) is 4.52 Å². The van der Waals surface area contributed by atoms with Gasteiger partial charge in [0, 0.05) is 44.1 Å². The molecule has 0 unspecified atom stereocenters. The monoisotopic (exact) mass is 348 g/mol. The number of anilines is 1. The van der Waals surface area contributed by atoms with Crippen LogP contribution in [-0.2, 0) is 9.53 Å². The van der Waals surface area contributed by atoms with Crippen molar-refractivity contribution < 1.29 is 14.1 Å². The first-order valence-electron chi connectivity index (χ1n) is 9.58. The van der Waals surface area contributed by atoms with Crippen LogP contribution in [-0.4, -0.2) is 48.4 Å². The summed E-state index contributed by atoms with van der Waals surface area (Å²) in [4.78, 5) is 19.4. The standard InChI is InChI=1S/C18H28N4O3/c1-11(2)14-9-22(18-20-17(25-21-18)13-3-4-13)10-15(14)19-16(23)12-5-7-24-8-6-12/h11-15H,3-10H2,1-2H3,(H,19,23)/t14-,15+/m1/s1. The van der Waals surface area contributed by atoms with Crippen LogP contribution in [0.4, 0.5) is 5.95 Å². The van der Waals surface area contributed by atoms with E-state index in [1.54, 1.807) is 0 Å². The van der Waals surface area contributed by atoms with E-state index in [1.165, 1.54) is 0 Å². The number of nitrogens with zero attached hydrogens (tertiary/aromatic N) is 3. The average molecular weight is 348 g/mol. The molecule has 0 aromatic carbocycles. The first kappa shape index (κ1) is 16.8. The van der Waals surface area contributed by atoms with Crippen LogP contribution < -0.4 is 10.2 Å². The van der Waals surface area contributed by atoms with Crippen LogP contribution in [0, 0.1) is 17.8 Å². The Balaban J connectivity index is 1.41. The quantitative estimate of drug-likeness (QED) is 0.876. The van der Waals surface area contributed by atoms with Crippen molar-refractivity contribution in [2.45, 2.75) is 51.5 Å². The zero-order valence-corrected chi connectivity index (χ0v) is 15.1. The van der Waals surface area contributed by atoms with E-state index in [9.17, 15) is 4.79 Å². The van der Waals surface area contributed by atoms with E-state index in [4.69, 9.17) is 9.26 Å². The molecular formula is C18H28N4O3. The number of aromatic nitrogens is 2. The number of hydrogen-bond acceptors (Lipinski definition) is 6. The van der Waals surface area contributed by atoms with Gasteiger partial charge in [0.15, 0.2) is 0 Å². The Morgan fingerprint density at radius 2 is 1.96 bits per heavy atom. The Kier molecular flexibility index (Phi) is 4.67. The summed E-state index contributed by atoms with van der Waals surface area (Å²) in [6.45, 7) is 7.42. The first-order valence-corrected chi connectivity index (χ1v) is 9.58. The minimum absolute atomic E-state index is 0.0854. The molecule has 1 aromatic rings. The molecule has 0 radical (unpaired) electrons. The Morgan fingerprint density at radius 3 is 2.64 bits per heavy atom. The van der Waals surface area contributed by atoms with Crippen LogP contribution in [0.5, 0.6) is 0 Å². The number of amides is 1. The van der Waals surface area contributed by atoms with E-state index < -0.39 is 0 Å². The number of hydrogen-bond donors (Lipinski definition) is 1. The molecule has 25 heavy (non-hydrogen) atoms. The topological polar surface area (TPSA) is 80.5 Å². The van der Waals surface area contributed by atoms with Gasteiger partial charge in [-0.2, -0.15) is 4.98 Å². The lowest BCUT2D eigenvalue weighted by Gasteiger charge is -2.26. The van der Waals surface area contributed by atoms with Gasteiger partial charge in [0.05, 0.1) is 6.04 Å². The highest BCUT2D eigenvalue weighted by molar-refractivity contribution is 5.79. The maximum Gasteiger partial charge on any atom is 0.266 e. The van der Waals surface area contributed by atoms with E-state index in [0.29, 0.717) is 36.9 Å². The average Bonchev–Trinajstić information content (AvgIpc) is 3.19. The molecule has 7 nitrogen and oxygen atoms in total. The van der Waals surface area contributed by atoms with Gasteiger partial charge < -0.3 is 19.5 Å². The SMILES string of the molecule is CC(C)[C@H]1CN(c2noc(C3CC3)n2)C[C@@H]1NC(=O)C1CCOCC1. The van der Waals surface area contributed by atoms with Gasteiger partial charge in [0.2, 0.25) is 11.8 Å². The highest BCUT2D eigenvalue weighted by Crippen LogP contribution is 2.40. The summed E-state index contributed by atoms with van der Waals surface area (Å²) in [5, 5.41) is 7.47. The normalized spacial score (nSPS) is 27.9. The van der Waals surface area contributed by atoms with Crippen molar-refractivity contribution in [3.8, 4) is 0 Å². The number of rotatable bonds is 5. The van der Waals surface area contributed by atoms with Crippen LogP contribution in [0.1, 0.15) is 51.3 Å². The minimum atomic E-state index is 0.0854. The molecule has 2 aliphatic heterocycles. The Bertz CT molecular complexity index is 607. The second kappa shape index (κ2) is 6.94. The summed E-state index contributed by atoms with van der Waals surface area (Å²) < 4.78 is 10.8. The molecule has 3 aliphatic rings. The fourth-order valence-corrected chi connectivity index (χ4v) is 3.93. The third-order valence-corrected chi connectivity index (χ3v) is 5.78. The van der Waals surface area contributed by atoms with E-state index in [2.05, 4.69) is 34.2 Å². The lowest BCUT2D eigenvalue weighted by Crippen LogP contribution is -2.45. The van der Waals surface area contributed by atoms with Gasteiger partial charge in [-0.1, -0.05) is 13.8 Å². The Hall–Kier alpha value is -1.63. The second-order valence-electron chi connectivity index (χ2n) is 8.02. The molecular weight excluding hydrogens is 320 g/mol. The van der Waals surface area contributed by atoms with Crippen molar-refractivity contribution in [3.05, 3.63) is 5.89 Å². The first-order chi connectivity index (χ1) is 12.1. The number of carbonyl (C=O) groups excluding carboxylic acids is 1. The van der Waals surface area contributed by atoms with Crippen LogP contribution in [0.3, 0.4) is 0 Å². The van der Waals surface area contributed by atoms with Gasteiger partial charge in [-0.05, 0) is 36.8 Å². The molecule has 1 aromatic heterocycles. The molecule has 138 valence electrons. The Labute approximate surface area is 148 Å². The van der Waals surface area contributed by atoms with Crippen LogP contribution >= 0.6 is 0 Å². The van der Waals surface area contributed by atoms with Gasteiger partial charge in [0.25, 0.3) is 5.95 Å². The van der Waals surface area contributed by atoms with Crippen molar-refractivity contribution >= 4 is 11.9 Å². The minimum Gasteiger partial charge on any atom is -0.381 e. The van der Waals surface area contributed by atoms with Gasteiger partial charge in [-0.25, -0.2) is 0 Å². The molecule has 2 atom stereocenters. The predicted octanol–water partition coefficient (Wildman–Crippen LogP) is 1.95. The summed E-state index contributed by atoms with van der Waals surface area (Å²) in [6, 6.07) is 0.137.